The Morgan fingerprint density at radius 2 is 1.29 bits per heavy atom. The third kappa shape index (κ3) is 19.2. The van der Waals surface area contributed by atoms with E-state index in [1.807, 2.05) is 6.92 Å². The van der Waals surface area contributed by atoms with E-state index < -0.39 is 0 Å². The molecule has 142 valence electrons. The van der Waals surface area contributed by atoms with Gasteiger partial charge in [0.2, 0.25) is 0 Å². The van der Waals surface area contributed by atoms with Gasteiger partial charge < -0.3 is 9.84 Å². The van der Waals surface area contributed by atoms with Gasteiger partial charge in [-0.25, -0.2) is 0 Å². The molecule has 0 aliphatic heterocycles. The molecular weight excluding hydrogens is 300 g/mol. The molecule has 0 radical (unpaired) electrons. The number of hydrogen-bond donors (Lipinski definition) is 1. The normalized spacial score (nSPS) is 12.6. The van der Waals surface area contributed by atoms with Gasteiger partial charge in [0.15, 0.2) is 0 Å². The number of aliphatic hydroxyl groups is 1. The van der Waals surface area contributed by atoms with Crippen molar-refractivity contribution >= 4 is 5.97 Å². The summed E-state index contributed by atoms with van der Waals surface area (Å²) >= 11 is 0. The first-order chi connectivity index (χ1) is 11.7. The van der Waals surface area contributed by atoms with Crippen molar-refractivity contribution in [1.82, 2.24) is 0 Å². The Bertz CT molecular complexity index is 297. The van der Waals surface area contributed by atoms with Gasteiger partial charge in [-0.15, -0.1) is 0 Å². The second-order valence-electron chi connectivity index (χ2n) is 6.90. The minimum atomic E-state index is -0.154. The molecule has 0 heterocycles. The average Bonchev–Trinajstić information content (AvgIpc) is 2.57. The Balaban J connectivity index is 3.10. The molecule has 0 saturated heterocycles. The molecule has 0 aromatic rings. The summed E-state index contributed by atoms with van der Waals surface area (Å²) in [7, 11) is 1.46. The van der Waals surface area contributed by atoms with E-state index in [1.54, 1.807) is 0 Å². The molecule has 0 aromatic heterocycles. The third-order valence-electron chi connectivity index (χ3n) is 4.39. The second-order valence-corrected chi connectivity index (χ2v) is 6.90. The summed E-state index contributed by atoms with van der Waals surface area (Å²) in [5.41, 5.74) is 0. The van der Waals surface area contributed by atoms with Crippen LogP contribution in [0, 0.1) is 0 Å². The number of esters is 1. The van der Waals surface area contributed by atoms with Crippen molar-refractivity contribution in [3.63, 3.8) is 0 Å². The van der Waals surface area contributed by atoms with Crippen molar-refractivity contribution in [3.05, 3.63) is 12.2 Å². The number of hydrogen-bond acceptors (Lipinski definition) is 3. The summed E-state index contributed by atoms with van der Waals surface area (Å²) in [6.07, 6.45) is 22.0. The Hall–Kier alpha value is -0.830. The van der Waals surface area contributed by atoms with Crippen LogP contribution >= 0.6 is 0 Å². The van der Waals surface area contributed by atoms with Gasteiger partial charge in [-0.1, -0.05) is 63.5 Å². The van der Waals surface area contributed by atoms with Gasteiger partial charge >= 0.3 is 5.97 Å². The Morgan fingerprint density at radius 3 is 1.79 bits per heavy atom. The summed E-state index contributed by atoms with van der Waals surface area (Å²) < 4.78 is 4.63. The maximum atomic E-state index is 10.9. The van der Waals surface area contributed by atoms with E-state index in [2.05, 4.69) is 16.9 Å². The van der Waals surface area contributed by atoms with Crippen molar-refractivity contribution in [1.29, 1.82) is 0 Å². The summed E-state index contributed by atoms with van der Waals surface area (Å²) in [5.74, 6) is -0.0791. The molecule has 0 spiro atoms. The monoisotopic (exact) mass is 340 g/mol. The molecule has 3 nitrogen and oxygen atoms in total. The number of carbonyl (C=O) groups excluding carboxylic acids is 1. The number of methoxy groups -OCH3 is 1. The zero-order valence-electron chi connectivity index (χ0n) is 16.1. The highest BCUT2D eigenvalue weighted by molar-refractivity contribution is 5.68. The van der Waals surface area contributed by atoms with Crippen LogP contribution in [-0.4, -0.2) is 24.3 Å². The third-order valence-corrected chi connectivity index (χ3v) is 4.39. The molecule has 0 aliphatic rings. The zero-order chi connectivity index (χ0) is 17.9. The Labute approximate surface area is 149 Å². The predicted octanol–water partition coefficient (Wildman–Crippen LogP) is 5.95. The first-order valence-electron chi connectivity index (χ1n) is 10.1. The molecule has 24 heavy (non-hydrogen) atoms. The van der Waals surface area contributed by atoms with E-state index in [0.717, 1.165) is 32.1 Å². The SMILES string of the molecule is COC(=O)CCCCCCCCCCCC/C=C\CCCC(C)O. The highest BCUT2D eigenvalue weighted by atomic mass is 16.5. The molecule has 0 saturated carbocycles. The topological polar surface area (TPSA) is 46.5 Å². The molecule has 3 heteroatoms. The van der Waals surface area contributed by atoms with Crippen LogP contribution in [0.1, 0.15) is 103 Å². The summed E-state index contributed by atoms with van der Waals surface area (Å²) in [6.45, 7) is 1.86. The van der Waals surface area contributed by atoms with Gasteiger partial charge in [-0.05, 0) is 45.4 Å². The van der Waals surface area contributed by atoms with Crippen LogP contribution in [0.15, 0.2) is 12.2 Å². The molecule has 1 unspecified atom stereocenters. The van der Waals surface area contributed by atoms with Crippen molar-refractivity contribution in [2.24, 2.45) is 0 Å². The molecule has 0 bridgehead atoms. The van der Waals surface area contributed by atoms with Gasteiger partial charge in [0, 0.05) is 6.42 Å². The van der Waals surface area contributed by atoms with Gasteiger partial charge in [0.25, 0.3) is 0 Å². The zero-order valence-corrected chi connectivity index (χ0v) is 16.1. The molecule has 1 N–H and O–H groups in total. The van der Waals surface area contributed by atoms with Gasteiger partial charge in [-0.3, -0.25) is 4.79 Å². The Morgan fingerprint density at radius 1 is 0.833 bits per heavy atom. The fourth-order valence-electron chi connectivity index (χ4n) is 2.81. The molecule has 0 fully saturated rings. The van der Waals surface area contributed by atoms with Crippen LogP contribution in [0.2, 0.25) is 0 Å². The number of carbonyl (C=O) groups is 1. The van der Waals surface area contributed by atoms with E-state index >= 15 is 0 Å². The lowest BCUT2D eigenvalue weighted by molar-refractivity contribution is -0.140. The minimum absolute atomic E-state index is 0.0791. The summed E-state index contributed by atoms with van der Waals surface area (Å²) in [4.78, 5) is 10.9. The maximum absolute atomic E-state index is 10.9. The second kappa shape index (κ2) is 18.5. The maximum Gasteiger partial charge on any atom is 0.305 e. The smallest absolute Gasteiger partial charge is 0.305 e. The Kier molecular flexibility index (Phi) is 17.9. The average molecular weight is 341 g/mol. The lowest BCUT2D eigenvalue weighted by Gasteiger charge is -2.02. The van der Waals surface area contributed by atoms with Crippen LogP contribution in [0.5, 0.6) is 0 Å². The number of rotatable bonds is 17. The van der Waals surface area contributed by atoms with E-state index in [-0.39, 0.29) is 12.1 Å². The number of allylic oxidation sites excluding steroid dienone is 2. The lowest BCUT2D eigenvalue weighted by atomic mass is 10.0. The van der Waals surface area contributed by atoms with Gasteiger partial charge in [0.05, 0.1) is 13.2 Å². The van der Waals surface area contributed by atoms with Crippen LogP contribution in [-0.2, 0) is 9.53 Å². The molecule has 0 rings (SSSR count). The number of unbranched alkanes of at least 4 members (excludes halogenated alkanes) is 11. The molecular formula is C21H40O3. The fraction of sp³-hybridized carbons (Fsp3) is 0.857. The molecule has 0 aliphatic carbocycles. The predicted molar refractivity (Wildman–Crippen MR) is 102 cm³/mol. The van der Waals surface area contributed by atoms with Crippen LogP contribution in [0.3, 0.4) is 0 Å². The largest absolute Gasteiger partial charge is 0.469 e. The van der Waals surface area contributed by atoms with Crippen molar-refractivity contribution in [2.75, 3.05) is 7.11 Å². The number of ether oxygens (including phenoxy) is 1. The van der Waals surface area contributed by atoms with Crippen LogP contribution in [0.25, 0.3) is 0 Å². The van der Waals surface area contributed by atoms with Gasteiger partial charge in [0.1, 0.15) is 0 Å². The van der Waals surface area contributed by atoms with Crippen molar-refractivity contribution in [3.8, 4) is 0 Å². The first-order valence-corrected chi connectivity index (χ1v) is 10.1. The fourth-order valence-corrected chi connectivity index (χ4v) is 2.81. The molecule has 0 amide bonds. The summed E-state index contributed by atoms with van der Waals surface area (Å²) in [6, 6.07) is 0. The van der Waals surface area contributed by atoms with Crippen molar-refractivity contribution in [2.45, 2.75) is 109 Å². The molecule has 1 atom stereocenters. The highest BCUT2D eigenvalue weighted by Crippen LogP contribution is 2.12. The summed E-state index contributed by atoms with van der Waals surface area (Å²) in [5, 5.41) is 9.16. The quantitative estimate of drug-likeness (QED) is 0.202. The highest BCUT2D eigenvalue weighted by Gasteiger charge is 1.99. The minimum Gasteiger partial charge on any atom is -0.469 e. The lowest BCUT2D eigenvalue weighted by Crippen LogP contribution is -1.99. The standard InChI is InChI=1S/C21H40O3/c1-20(22)18-16-14-12-10-8-6-4-3-5-7-9-11-13-15-17-19-21(23)24-2/h10,12,20,22H,3-9,11,13-19H2,1-2H3/b12-10-. The van der Waals surface area contributed by atoms with Crippen molar-refractivity contribution < 1.29 is 14.6 Å². The van der Waals surface area contributed by atoms with Gasteiger partial charge in [-0.2, -0.15) is 0 Å². The first kappa shape index (κ1) is 23.2. The van der Waals surface area contributed by atoms with Crippen LogP contribution < -0.4 is 0 Å². The van der Waals surface area contributed by atoms with Crippen LogP contribution in [0.4, 0.5) is 0 Å². The van der Waals surface area contributed by atoms with E-state index in [0.29, 0.717) is 6.42 Å². The molecule has 0 aromatic carbocycles. The van der Waals surface area contributed by atoms with E-state index in [1.165, 1.54) is 64.9 Å². The van der Waals surface area contributed by atoms with E-state index in [9.17, 15) is 4.79 Å². The van der Waals surface area contributed by atoms with E-state index in [4.69, 9.17) is 5.11 Å². The number of aliphatic hydroxyl groups excluding tert-OH is 1.